The minimum atomic E-state index is 0.143. The van der Waals surface area contributed by atoms with Crippen molar-refractivity contribution < 1.29 is 14.1 Å². The van der Waals surface area contributed by atoms with Gasteiger partial charge in [-0.25, -0.2) is 0 Å². The lowest BCUT2D eigenvalue weighted by molar-refractivity contribution is -0.126. The molecular weight excluding hydrogens is 332 g/mol. The number of hydrogen-bond acceptors (Lipinski definition) is 6. The Balaban J connectivity index is 1.29. The van der Waals surface area contributed by atoms with E-state index < -0.39 is 0 Å². The van der Waals surface area contributed by atoms with Crippen molar-refractivity contribution in [2.75, 3.05) is 20.2 Å². The third kappa shape index (κ3) is 4.04. The summed E-state index contributed by atoms with van der Waals surface area (Å²) >= 11 is 0. The van der Waals surface area contributed by atoms with Gasteiger partial charge in [0.15, 0.2) is 0 Å². The summed E-state index contributed by atoms with van der Waals surface area (Å²) in [6.07, 6.45) is 4.05. The van der Waals surface area contributed by atoms with Gasteiger partial charge >= 0.3 is 0 Å². The van der Waals surface area contributed by atoms with Crippen LogP contribution >= 0.6 is 0 Å². The third-order valence-corrected chi connectivity index (χ3v) is 5.06. The molecule has 1 aliphatic heterocycles. The van der Waals surface area contributed by atoms with Gasteiger partial charge < -0.3 is 14.6 Å². The maximum absolute atomic E-state index is 12.1. The van der Waals surface area contributed by atoms with Crippen molar-refractivity contribution in [3.05, 3.63) is 30.2 Å². The van der Waals surface area contributed by atoms with Crippen molar-refractivity contribution >= 4 is 5.91 Å². The SMILES string of the molecule is COc1ccc(-c2noc(CN3CCC(C(=O)NC4CC4)CC3)n2)cc1. The lowest BCUT2D eigenvalue weighted by Gasteiger charge is -2.30. The fourth-order valence-corrected chi connectivity index (χ4v) is 3.27. The van der Waals surface area contributed by atoms with Crippen LogP contribution in [0.3, 0.4) is 0 Å². The molecule has 26 heavy (non-hydrogen) atoms. The van der Waals surface area contributed by atoms with E-state index in [2.05, 4.69) is 20.4 Å². The van der Waals surface area contributed by atoms with E-state index >= 15 is 0 Å². The Labute approximate surface area is 152 Å². The van der Waals surface area contributed by atoms with Gasteiger partial charge in [-0.1, -0.05) is 5.16 Å². The Morgan fingerprint density at radius 2 is 1.96 bits per heavy atom. The monoisotopic (exact) mass is 356 g/mol. The largest absolute Gasteiger partial charge is 0.497 e. The number of nitrogens with zero attached hydrogens (tertiary/aromatic N) is 3. The predicted octanol–water partition coefficient (Wildman–Crippen LogP) is 2.24. The lowest BCUT2D eigenvalue weighted by Crippen LogP contribution is -2.40. The molecule has 1 aliphatic carbocycles. The molecule has 0 atom stereocenters. The molecule has 7 nitrogen and oxygen atoms in total. The van der Waals surface area contributed by atoms with Gasteiger partial charge in [0.05, 0.1) is 13.7 Å². The maximum Gasteiger partial charge on any atom is 0.241 e. The average Bonchev–Trinajstić information content (AvgIpc) is 3.37. The number of rotatable bonds is 6. The molecule has 1 amide bonds. The summed E-state index contributed by atoms with van der Waals surface area (Å²) in [4.78, 5) is 18.9. The van der Waals surface area contributed by atoms with Crippen LogP contribution in [0.5, 0.6) is 5.75 Å². The molecule has 2 aliphatic rings. The number of nitrogens with one attached hydrogen (secondary N) is 1. The molecule has 2 fully saturated rings. The van der Waals surface area contributed by atoms with E-state index in [1.807, 2.05) is 24.3 Å². The van der Waals surface area contributed by atoms with E-state index in [9.17, 15) is 4.79 Å². The number of methoxy groups -OCH3 is 1. The highest BCUT2D eigenvalue weighted by Crippen LogP contribution is 2.24. The number of carbonyl (C=O) groups excluding carboxylic acids is 1. The number of piperidine rings is 1. The molecule has 1 saturated heterocycles. The number of ether oxygens (including phenoxy) is 1. The van der Waals surface area contributed by atoms with Crippen molar-refractivity contribution in [3.8, 4) is 17.1 Å². The number of benzene rings is 1. The highest BCUT2D eigenvalue weighted by molar-refractivity contribution is 5.79. The van der Waals surface area contributed by atoms with Crippen LogP contribution in [0.15, 0.2) is 28.8 Å². The number of carbonyl (C=O) groups is 1. The van der Waals surface area contributed by atoms with Crippen molar-refractivity contribution in [2.24, 2.45) is 5.92 Å². The summed E-state index contributed by atoms with van der Waals surface area (Å²) in [5, 5.41) is 7.18. The second-order valence-electron chi connectivity index (χ2n) is 7.07. The molecule has 0 radical (unpaired) electrons. The van der Waals surface area contributed by atoms with E-state index in [1.54, 1.807) is 7.11 Å². The minimum absolute atomic E-state index is 0.143. The second kappa shape index (κ2) is 7.45. The maximum atomic E-state index is 12.1. The summed E-state index contributed by atoms with van der Waals surface area (Å²) in [5.74, 6) is 2.36. The van der Waals surface area contributed by atoms with Gasteiger partial charge in [-0.2, -0.15) is 4.98 Å². The number of aromatic nitrogens is 2. The highest BCUT2D eigenvalue weighted by Gasteiger charge is 2.30. The van der Waals surface area contributed by atoms with Crippen LogP contribution in [0.4, 0.5) is 0 Å². The molecule has 0 unspecified atom stereocenters. The Bertz CT molecular complexity index is 746. The minimum Gasteiger partial charge on any atom is -0.497 e. The van der Waals surface area contributed by atoms with Crippen molar-refractivity contribution in [1.82, 2.24) is 20.4 Å². The molecule has 7 heteroatoms. The van der Waals surface area contributed by atoms with Gasteiger partial charge in [-0.15, -0.1) is 0 Å². The molecule has 2 heterocycles. The van der Waals surface area contributed by atoms with E-state index in [-0.39, 0.29) is 11.8 Å². The van der Waals surface area contributed by atoms with E-state index in [1.165, 1.54) is 0 Å². The summed E-state index contributed by atoms with van der Waals surface area (Å²) < 4.78 is 10.6. The van der Waals surface area contributed by atoms with Crippen LogP contribution in [-0.4, -0.2) is 47.2 Å². The first-order valence-corrected chi connectivity index (χ1v) is 9.21. The topological polar surface area (TPSA) is 80.5 Å². The first-order valence-electron chi connectivity index (χ1n) is 9.21. The van der Waals surface area contributed by atoms with Crippen LogP contribution in [-0.2, 0) is 11.3 Å². The lowest BCUT2D eigenvalue weighted by atomic mass is 9.96. The third-order valence-electron chi connectivity index (χ3n) is 5.06. The molecule has 0 bridgehead atoms. The number of hydrogen-bond donors (Lipinski definition) is 1. The fraction of sp³-hybridized carbons (Fsp3) is 0.526. The van der Waals surface area contributed by atoms with Crippen LogP contribution < -0.4 is 10.1 Å². The molecule has 2 aromatic rings. The van der Waals surface area contributed by atoms with E-state index in [0.29, 0.717) is 24.3 Å². The Morgan fingerprint density at radius 1 is 1.23 bits per heavy atom. The summed E-state index contributed by atoms with van der Waals surface area (Å²) in [7, 11) is 1.64. The molecule has 1 saturated carbocycles. The molecule has 1 aromatic carbocycles. The number of likely N-dealkylation sites (tertiary alicyclic amines) is 1. The van der Waals surface area contributed by atoms with Crippen LogP contribution in [0, 0.1) is 5.92 Å². The Hall–Kier alpha value is -2.41. The molecule has 138 valence electrons. The van der Waals surface area contributed by atoms with Crippen LogP contribution in [0.2, 0.25) is 0 Å². The van der Waals surface area contributed by atoms with Gasteiger partial charge in [-0.3, -0.25) is 9.69 Å². The Kier molecular flexibility index (Phi) is 4.88. The number of amides is 1. The van der Waals surface area contributed by atoms with Gasteiger partial charge in [0, 0.05) is 17.5 Å². The predicted molar refractivity (Wildman–Crippen MR) is 95.5 cm³/mol. The van der Waals surface area contributed by atoms with Crippen molar-refractivity contribution in [3.63, 3.8) is 0 Å². The van der Waals surface area contributed by atoms with Crippen LogP contribution in [0.25, 0.3) is 11.4 Å². The Morgan fingerprint density at radius 3 is 2.62 bits per heavy atom. The average molecular weight is 356 g/mol. The standard InChI is InChI=1S/C19H24N4O3/c1-25-16-6-2-13(3-7-16)18-21-17(26-22-18)12-23-10-8-14(9-11-23)19(24)20-15-4-5-15/h2-3,6-7,14-15H,4-5,8-12H2,1H3,(H,20,24). The first kappa shape index (κ1) is 17.0. The summed E-state index contributed by atoms with van der Waals surface area (Å²) in [6.45, 7) is 2.38. The van der Waals surface area contributed by atoms with Gasteiger partial charge in [0.2, 0.25) is 17.6 Å². The highest BCUT2D eigenvalue weighted by atomic mass is 16.5. The summed E-state index contributed by atoms with van der Waals surface area (Å²) in [6, 6.07) is 8.02. The van der Waals surface area contributed by atoms with Gasteiger partial charge in [0.1, 0.15) is 5.75 Å². The molecule has 0 spiro atoms. The van der Waals surface area contributed by atoms with E-state index in [4.69, 9.17) is 9.26 Å². The first-order chi connectivity index (χ1) is 12.7. The fourth-order valence-electron chi connectivity index (χ4n) is 3.27. The van der Waals surface area contributed by atoms with Crippen molar-refractivity contribution in [2.45, 2.75) is 38.3 Å². The zero-order valence-corrected chi connectivity index (χ0v) is 15.0. The van der Waals surface area contributed by atoms with Crippen LogP contribution in [0.1, 0.15) is 31.6 Å². The van der Waals surface area contributed by atoms with Gasteiger partial charge in [0.25, 0.3) is 0 Å². The quantitative estimate of drug-likeness (QED) is 0.855. The van der Waals surface area contributed by atoms with E-state index in [0.717, 1.165) is 50.1 Å². The zero-order chi connectivity index (χ0) is 17.9. The van der Waals surface area contributed by atoms with Crippen molar-refractivity contribution in [1.29, 1.82) is 0 Å². The molecule has 1 N–H and O–H groups in total. The molecule has 4 rings (SSSR count). The second-order valence-corrected chi connectivity index (χ2v) is 7.07. The normalized spacial score (nSPS) is 18.7. The smallest absolute Gasteiger partial charge is 0.241 e. The molecular formula is C19H24N4O3. The zero-order valence-electron chi connectivity index (χ0n) is 15.0. The molecule has 1 aromatic heterocycles. The summed E-state index contributed by atoms with van der Waals surface area (Å²) in [5.41, 5.74) is 0.899. The van der Waals surface area contributed by atoms with Gasteiger partial charge in [-0.05, 0) is 63.0 Å².